The average molecular weight is 376 g/mol. The summed E-state index contributed by atoms with van der Waals surface area (Å²) in [4.78, 5) is 22.3. The number of aliphatic hydroxyl groups is 2. The predicted molar refractivity (Wildman–Crippen MR) is 90.8 cm³/mol. The van der Waals surface area contributed by atoms with Crippen LogP contribution < -0.4 is 22.1 Å². The van der Waals surface area contributed by atoms with E-state index in [1.54, 1.807) is 0 Å². The smallest absolute Gasteiger partial charge is 0.328 e. The number of urea groups is 1. The van der Waals surface area contributed by atoms with Gasteiger partial charge in [-0.3, -0.25) is 0 Å². The number of rotatable bonds is 9. The largest absolute Gasteiger partial charge is 0.480 e. The molecule has 3 atom stereocenters. The van der Waals surface area contributed by atoms with Crippen molar-refractivity contribution in [3.63, 3.8) is 0 Å². The van der Waals surface area contributed by atoms with E-state index in [-0.39, 0.29) is 24.9 Å². The molecule has 12 heteroatoms. The molecule has 150 valence electrons. The second kappa shape index (κ2) is 13.0. The zero-order chi connectivity index (χ0) is 20.1. The van der Waals surface area contributed by atoms with E-state index in [4.69, 9.17) is 26.1 Å². The van der Waals surface area contributed by atoms with Gasteiger partial charge in [0.25, 0.3) is 0 Å². The van der Waals surface area contributed by atoms with Crippen LogP contribution in [-0.4, -0.2) is 62.8 Å². The molecule has 0 saturated carbocycles. The van der Waals surface area contributed by atoms with Crippen LogP contribution in [0.3, 0.4) is 0 Å². The number of carboxylic acid groups (broad SMARTS) is 1. The van der Waals surface area contributed by atoms with Gasteiger partial charge in [-0.1, -0.05) is 13.3 Å². The normalized spacial score (nSPS) is 13.8. The molecule has 0 aromatic carbocycles. The summed E-state index contributed by atoms with van der Waals surface area (Å²) < 4.78 is 5.07. The summed E-state index contributed by atoms with van der Waals surface area (Å²) in [5.41, 5.74) is 10.6. The van der Waals surface area contributed by atoms with Crippen molar-refractivity contribution in [2.75, 3.05) is 13.2 Å². The van der Waals surface area contributed by atoms with Crippen molar-refractivity contribution in [3.05, 3.63) is 11.8 Å². The number of unbranched alkanes of at least 4 members (excludes halogenated alkanes) is 1. The second-order valence-corrected chi connectivity index (χ2v) is 5.35. The van der Waals surface area contributed by atoms with Crippen LogP contribution in [0, 0.1) is 0 Å². The highest BCUT2D eigenvalue weighted by Crippen LogP contribution is 2.07. The Kier molecular flexibility index (Phi) is 11.9. The average Bonchev–Trinajstić information content (AvgIpc) is 3.07. The molecule has 0 aliphatic carbocycles. The van der Waals surface area contributed by atoms with Crippen molar-refractivity contribution in [1.82, 2.24) is 20.8 Å². The van der Waals surface area contributed by atoms with Crippen molar-refractivity contribution in [1.29, 1.82) is 0 Å². The maximum Gasteiger partial charge on any atom is 0.328 e. The molecule has 3 unspecified atom stereocenters. The van der Waals surface area contributed by atoms with E-state index >= 15 is 0 Å². The number of aromatic nitrogens is 2. The first kappa shape index (κ1) is 23.7. The fourth-order valence-corrected chi connectivity index (χ4v) is 1.51. The summed E-state index contributed by atoms with van der Waals surface area (Å²) >= 11 is 0. The Morgan fingerprint density at radius 3 is 2.42 bits per heavy atom. The molecule has 26 heavy (non-hydrogen) atoms. The van der Waals surface area contributed by atoms with Gasteiger partial charge in [0.05, 0.1) is 19.3 Å². The minimum Gasteiger partial charge on any atom is -0.480 e. The molecular formula is C14H28N6O6. The van der Waals surface area contributed by atoms with Crippen LogP contribution in [0.2, 0.25) is 0 Å². The Bertz CT molecular complexity index is 536. The van der Waals surface area contributed by atoms with Gasteiger partial charge in [-0.05, 0) is 19.9 Å². The van der Waals surface area contributed by atoms with Crippen LogP contribution in [0.1, 0.15) is 44.5 Å². The molecule has 0 fully saturated rings. The first-order chi connectivity index (χ1) is 12.3. The summed E-state index contributed by atoms with van der Waals surface area (Å²) in [6.45, 7) is 3.68. The number of carbonyl (C=O) groups is 2. The number of aliphatic hydroxyl groups excluding tert-OH is 2. The molecular weight excluding hydrogens is 348 g/mol. The Morgan fingerprint density at radius 1 is 1.35 bits per heavy atom. The van der Waals surface area contributed by atoms with Crippen molar-refractivity contribution in [2.45, 2.75) is 51.4 Å². The van der Waals surface area contributed by atoms with E-state index in [2.05, 4.69) is 27.8 Å². The topological polar surface area (TPSA) is 210 Å². The monoisotopic (exact) mass is 376 g/mol. The highest BCUT2D eigenvalue weighted by Gasteiger charge is 2.25. The number of hydrogen-bond acceptors (Lipinski definition) is 9. The lowest BCUT2D eigenvalue weighted by atomic mass is 10.2. The number of nitrogens with zero attached hydrogens (tertiary/aromatic N) is 2. The fourth-order valence-electron chi connectivity index (χ4n) is 1.51. The Labute approximate surface area is 151 Å². The standard InChI is InChI=1S/C10H17N5O6.C4H11N/c1-4(17)7(9(18)19)13-10(20)12-2-6-14-15-8(21-6)5(11)3-16;1-2-3-4-5/h4-5,7,16-17H,2-3,11H2,1H3,(H,18,19)(H2,12,13,20);2-5H2,1H3. The van der Waals surface area contributed by atoms with Gasteiger partial charge in [0.2, 0.25) is 11.8 Å². The Morgan fingerprint density at radius 2 is 2.00 bits per heavy atom. The van der Waals surface area contributed by atoms with Crippen LogP contribution in [0.5, 0.6) is 0 Å². The van der Waals surface area contributed by atoms with Gasteiger partial charge in [0, 0.05) is 0 Å². The van der Waals surface area contributed by atoms with Gasteiger partial charge in [-0.2, -0.15) is 0 Å². The maximum atomic E-state index is 11.5. The number of carboxylic acids is 1. The van der Waals surface area contributed by atoms with E-state index in [0.717, 1.165) is 6.54 Å². The summed E-state index contributed by atoms with van der Waals surface area (Å²) in [6.07, 6.45) is 1.13. The van der Waals surface area contributed by atoms with Gasteiger partial charge in [0.15, 0.2) is 6.04 Å². The molecule has 0 aliphatic rings. The molecule has 0 radical (unpaired) electrons. The zero-order valence-corrected chi connectivity index (χ0v) is 14.9. The molecule has 2 amide bonds. The number of nitrogens with one attached hydrogen (secondary N) is 2. The van der Waals surface area contributed by atoms with E-state index in [1.165, 1.54) is 19.8 Å². The SMILES string of the molecule is CC(O)C(NC(=O)NCc1nnc(C(N)CO)o1)C(=O)O.CCCCN. The van der Waals surface area contributed by atoms with Crippen molar-refractivity contribution >= 4 is 12.0 Å². The number of nitrogens with two attached hydrogens (primary N) is 2. The highest BCUT2D eigenvalue weighted by molar-refractivity contribution is 5.82. The van der Waals surface area contributed by atoms with Gasteiger partial charge < -0.3 is 41.8 Å². The van der Waals surface area contributed by atoms with E-state index < -0.39 is 30.2 Å². The maximum absolute atomic E-state index is 11.5. The molecule has 0 bridgehead atoms. The Balaban J connectivity index is 0.00000110. The van der Waals surface area contributed by atoms with Crippen LogP contribution in [0.4, 0.5) is 4.79 Å². The number of amides is 2. The molecule has 1 aromatic rings. The minimum atomic E-state index is -1.44. The van der Waals surface area contributed by atoms with Crippen LogP contribution in [-0.2, 0) is 11.3 Å². The lowest BCUT2D eigenvalue weighted by molar-refractivity contribution is -0.141. The molecule has 0 aliphatic heterocycles. The number of hydrogen-bond donors (Lipinski definition) is 7. The summed E-state index contributed by atoms with van der Waals surface area (Å²) in [5.74, 6) is -1.32. The lowest BCUT2D eigenvalue weighted by Crippen LogP contribution is -2.51. The second-order valence-electron chi connectivity index (χ2n) is 5.35. The Hall–Kier alpha value is -2.28. The van der Waals surface area contributed by atoms with Crippen molar-refractivity contribution in [3.8, 4) is 0 Å². The third kappa shape index (κ3) is 9.27. The predicted octanol–water partition coefficient (Wildman–Crippen LogP) is -1.56. The fraction of sp³-hybridized carbons (Fsp3) is 0.714. The minimum absolute atomic E-state index is 0.0158. The van der Waals surface area contributed by atoms with E-state index in [9.17, 15) is 14.7 Å². The summed E-state index contributed by atoms with van der Waals surface area (Å²) in [7, 11) is 0. The number of carbonyl (C=O) groups excluding carboxylic acids is 1. The van der Waals surface area contributed by atoms with Crippen LogP contribution >= 0.6 is 0 Å². The quantitative estimate of drug-likeness (QED) is 0.263. The zero-order valence-electron chi connectivity index (χ0n) is 14.9. The van der Waals surface area contributed by atoms with Gasteiger partial charge >= 0.3 is 12.0 Å². The van der Waals surface area contributed by atoms with Gasteiger partial charge in [0.1, 0.15) is 6.04 Å². The molecule has 1 aromatic heterocycles. The molecule has 0 saturated heterocycles. The molecule has 1 rings (SSSR count). The molecule has 0 spiro atoms. The van der Waals surface area contributed by atoms with Crippen LogP contribution in [0.15, 0.2) is 4.42 Å². The third-order valence-corrected chi connectivity index (χ3v) is 2.99. The highest BCUT2D eigenvalue weighted by atomic mass is 16.4. The number of aliphatic carboxylic acids is 1. The first-order valence-electron chi connectivity index (χ1n) is 8.10. The van der Waals surface area contributed by atoms with Gasteiger partial charge in [-0.15, -0.1) is 10.2 Å². The van der Waals surface area contributed by atoms with Crippen molar-refractivity contribution in [2.24, 2.45) is 11.5 Å². The van der Waals surface area contributed by atoms with Crippen LogP contribution in [0.25, 0.3) is 0 Å². The lowest BCUT2D eigenvalue weighted by Gasteiger charge is -2.16. The molecule has 12 nitrogen and oxygen atoms in total. The molecule has 1 heterocycles. The van der Waals surface area contributed by atoms with Gasteiger partial charge in [-0.25, -0.2) is 9.59 Å². The summed E-state index contributed by atoms with van der Waals surface area (Å²) in [5, 5.41) is 38.3. The third-order valence-electron chi connectivity index (χ3n) is 2.99. The summed E-state index contributed by atoms with van der Waals surface area (Å²) in [6, 6.07) is -3.08. The van der Waals surface area contributed by atoms with E-state index in [1.807, 2.05) is 0 Å². The van der Waals surface area contributed by atoms with Crippen molar-refractivity contribution < 1.29 is 29.3 Å². The first-order valence-corrected chi connectivity index (χ1v) is 8.10. The van der Waals surface area contributed by atoms with E-state index in [0.29, 0.717) is 0 Å². The molecule has 9 N–H and O–H groups in total.